The minimum atomic E-state index is -1.12. The van der Waals surface area contributed by atoms with E-state index in [4.69, 9.17) is 32.7 Å². The number of carboxylic acids is 1. The molecule has 148 valence electrons. The fourth-order valence-corrected chi connectivity index (χ4v) is 3.48. The van der Waals surface area contributed by atoms with Crippen LogP contribution in [0.5, 0.6) is 17.2 Å². The highest BCUT2D eigenvalue weighted by molar-refractivity contribution is 6.32. The minimum Gasteiger partial charge on any atom is -0.495 e. The van der Waals surface area contributed by atoms with Gasteiger partial charge in [0, 0.05) is 18.7 Å². The predicted octanol–water partition coefficient (Wildman–Crippen LogP) is 4.62. The Morgan fingerprint density at radius 3 is 2.54 bits per heavy atom. The first kappa shape index (κ1) is 20.2. The van der Waals surface area contributed by atoms with Crippen LogP contribution in [0.1, 0.15) is 23.2 Å². The van der Waals surface area contributed by atoms with Crippen molar-refractivity contribution in [1.82, 2.24) is 4.90 Å². The van der Waals surface area contributed by atoms with Crippen molar-refractivity contribution in [3.8, 4) is 17.2 Å². The van der Waals surface area contributed by atoms with Crippen LogP contribution < -0.4 is 9.47 Å². The third-order valence-electron chi connectivity index (χ3n) is 4.40. The fraction of sp³-hybridized carbons (Fsp3) is 0.263. The van der Waals surface area contributed by atoms with Crippen LogP contribution >= 0.6 is 23.2 Å². The zero-order valence-electron chi connectivity index (χ0n) is 14.7. The van der Waals surface area contributed by atoms with E-state index in [-0.39, 0.29) is 22.9 Å². The molecular weight excluding hydrogens is 412 g/mol. The molecule has 3 rings (SSSR count). The Bertz CT molecular complexity index is 937. The maximum atomic E-state index is 14.6. The number of hydrogen-bond donors (Lipinski definition) is 1. The van der Waals surface area contributed by atoms with Crippen LogP contribution in [-0.4, -0.2) is 41.6 Å². The van der Waals surface area contributed by atoms with E-state index in [1.165, 1.54) is 13.2 Å². The van der Waals surface area contributed by atoms with Gasteiger partial charge in [0.15, 0.2) is 0 Å². The number of aliphatic carboxylic acids is 1. The zero-order valence-corrected chi connectivity index (χ0v) is 16.3. The van der Waals surface area contributed by atoms with Gasteiger partial charge in [0.1, 0.15) is 29.1 Å². The lowest BCUT2D eigenvalue weighted by Gasteiger charge is -2.22. The first-order valence-electron chi connectivity index (χ1n) is 8.36. The van der Waals surface area contributed by atoms with Gasteiger partial charge in [-0.05, 0) is 31.0 Å². The molecule has 0 aromatic heterocycles. The summed E-state index contributed by atoms with van der Waals surface area (Å²) >= 11 is 12.2. The first-order chi connectivity index (χ1) is 13.3. The number of halogens is 3. The molecule has 1 amide bonds. The quantitative estimate of drug-likeness (QED) is 0.752. The fourth-order valence-electron chi connectivity index (χ4n) is 3.03. The molecule has 2 aromatic rings. The van der Waals surface area contributed by atoms with E-state index in [2.05, 4.69) is 0 Å². The molecule has 1 heterocycles. The number of amides is 1. The van der Waals surface area contributed by atoms with E-state index >= 15 is 0 Å². The Balaban J connectivity index is 1.86. The standard InChI is InChI=1S/C19H16Cl2FNO5/c1-27-16-5-4-10(7-12(16)20)28-17-9-14(22)11(8-13(17)21)18(24)23-6-2-3-15(23)19(25)26/h4-5,7-9,15H,2-3,6H2,1H3,(H,25,26)/t15-/m0/s1. The topological polar surface area (TPSA) is 76.1 Å². The van der Waals surface area contributed by atoms with Crippen LogP contribution in [0.15, 0.2) is 30.3 Å². The van der Waals surface area contributed by atoms with Gasteiger partial charge in [-0.15, -0.1) is 0 Å². The monoisotopic (exact) mass is 427 g/mol. The average Bonchev–Trinajstić information content (AvgIpc) is 3.14. The Kier molecular flexibility index (Phi) is 5.96. The number of likely N-dealkylation sites (tertiary alicyclic amines) is 1. The summed E-state index contributed by atoms with van der Waals surface area (Å²) < 4.78 is 25.2. The summed E-state index contributed by atoms with van der Waals surface area (Å²) in [4.78, 5) is 25.0. The second-order valence-corrected chi connectivity index (χ2v) is 6.97. The van der Waals surface area contributed by atoms with Crippen molar-refractivity contribution in [2.45, 2.75) is 18.9 Å². The van der Waals surface area contributed by atoms with Gasteiger partial charge in [-0.25, -0.2) is 9.18 Å². The van der Waals surface area contributed by atoms with Crippen molar-refractivity contribution in [2.75, 3.05) is 13.7 Å². The van der Waals surface area contributed by atoms with Gasteiger partial charge >= 0.3 is 5.97 Å². The first-order valence-corrected chi connectivity index (χ1v) is 9.11. The van der Waals surface area contributed by atoms with Crippen molar-refractivity contribution in [3.05, 3.63) is 51.8 Å². The summed E-state index contributed by atoms with van der Waals surface area (Å²) in [5.74, 6) is -1.95. The van der Waals surface area contributed by atoms with Crippen LogP contribution in [-0.2, 0) is 4.79 Å². The molecule has 1 atom stereocenters. The van der Waals surface area contributed by atoms with Crippen molar-refractivity contribution in [2.24, 2.45) is 0 Å². The van der Waals surface area contributed by atoms with Gasteiger partial charge in [-0.2, -0.15) is 0 Å². The lowest BCUT2D eigenvalue weighted by atomic mass is 10.1. The summed E-state index contributed by atoms with van der Waals surface area (Å²) in [6, 6.07) is 5.79. The maximum absolute atomic E-state index is 14.6. The molecule has 1 saturated heterocycles. The summed E-state index contributed by atoms with van der Waals surface area (Å²) in [6.07, 6.45) is 0.868. The number of carbonyl (C=O) groups is 2. The number of nitrogens with zero attached hydrogens (tertiary/aromatic N) is 1. The number of hydrogen-bond acceptors (Lipinski definition) is 4. The molecule has 28 heavy (non-hydrogen) atoms. The molecule has 0 radical (unpaired) electrons. The molecule has 0 saturated carbocycles. The van der Waals surface area contributed by atoms with Gasteiger partial charge in [0.05, 0.1) is 22.7 Å². The largest absolute Gasteiger partial charge is 0.495 e. The summed E-state index contributed by atoms with van der Waals surface area (Å²) in [7, 11) is 1.47. The van der Waals surface area contributed by atoms with E-state index in [0.29, 0.717) is 29.4 Å². The zero-order chi connectivity index (χ0) is 20.4. The Morgan fingerprint density at radius 2 is 1.89 bits per heavy atom. The van der Waals surface area contributed by atoms with E-state index in [1.807, 2.05) is 0 Å². The van der Waals surface area contributed by atoms with Crippen LogP contribution in [0.2, 0.25) is 10.0 Å². The highest BCUT2D eigenvalue weighted by Crippen LogP contribution is 2.35. The highest BCUT2D eigenvalue weighted by Gasteiger charge is 2.35. The number of benzene rings is 2. The number of rotatable bonds is 5. The second-order valence-electron chi connectivity index (χ2n) is 6.16. The molecule has 1 aliphatic rings. The molecule has 0 spiro atoms. The number of carboxylic acid groups (broad SMARTS) is 1. The van der Waals surface area contributed by atoms with Crippen LogP contribution in [0, 0.1) is 5.82 Å². The lowest BCUT2D eigenvalue weighted by Crippen LogP contribution is -2.40. The Morgan fingerprint density at radius 1 is 1.18 bits per heavy atom. The van der Waals surface area contributed by atoms with E-state index in [9.17, 15) is 19.1 Å². The maximum Gasteiger partial charge on any atom is 0.326 e. The van der Waals surface area contributed by atoms with Gasteiger partial charge in [-0.3, -0.25) is 4.79 Å². The van der Waals surface area contributed by atoms with Crippen molar-refractivity contribution >= 4 is 35.1 Å². The lowest BCUT2D eigenvalue weighted by molar-refractivity contribution is -0.141. The number of ether oxygens (including phenoxy) is 2. The van der Waals surface area contributed by atoms with E-state index in [0.717, 1.165) is 17.0 Å². The predicted molar refractivity (Wildman–Crippen MR) is 101 cm³/mol. The van der Waals surface area contributed by atoms with Gasteiger partial charge in [0.2, 0.25) is 0 Å². The van der Waals surface area contributed by atoms with Crippen LogP contribution in [0.4, 0.5) is 4.39 Å². The summed E-state index contributed by atoms with van der Waals surface area (Å²) in [6.45, 7) is 0.245. The van der Waals surface area contributed by atoms with E-state index < -0.39 is 23.7 Å². The molecule has 2 aromatic carbocycles. The molecule has 6 nitrogen and oxygen atoms in total. The molecule has 0 bridgehead atoms. The second kappa shape index (κ2) is 8.24. The highest BCUT2D eigenvalue weighted by atomic mass is 35.5. The summed E-state index contributed by atoms with van der Waals surface area (Å²) in [5.41, 5.74) is -0.307. The molecule has 1 aliphatic heterocycles. The van der Waals surface area contributed by atoms with Gasteiger partial charge in [0.25, 0.3) is 5.91 Å². The third-order valence-corrected chi connectivity index (χ3v) is 4.99. The molecule has 1 fully saturated rings. The van der Waals surface area contributed by atoms with Crippen molar-refractivity contribution in [1.29, 1.82) is 0 Å². The molecule has 1 N–H and O–H groups in total. The number of carbonyl (C=O) groups excluding carboxylic acids is 1. The SMILES string of the molecule is COc1ccc(Oc2cc(F)c(C(=O)N3CCC[C@H]3C(=O)O)cc2Cl)cc1Cl. The Labute approximate surface area is 170 Å². The molecule has 0 aliphatic carbocycles. The smallest absolute Gasteiger partial charge is 0.326 e. The van der Waals surface area contributed by atoms with Crippen LogP contribution in [0.25, 0.3) is 0 Å². The average molecular weight is 428 g/mol. The number of methoxy groups -OCH3 is 1. The molecule has 9 heteroatoms. The third kappa shape index (κ3) is 4.00. The minimum absolute atomic E-state index is 0.00256. The van der Waals surface area contributed by atoms with E-state index in [1.54, 1.807) is 12.1 Å². The van der Waals surface area contributed by atoms with Crippen molar-refractivity contribution in [3.63, 3.8) is 0 Å². The van der Waals surface area contributed by atoms with Crippen molar-refractivity contribution < 1.29 is 28.6 Å². The normalized spacial score (nSPS) is 16.1. The Hall–Kier alpha value is -2.51. The van der Waals surface area contributed by atoms with Gasteiger partial charge < -0.3 is 19.5 Å². The summed E-state index contributed by atoms with van der Waals surface area (Å²) in [5, 5.41) is 9.52. The van der Waals surface area contributed by atoms with Crippen LogP contribution in [0.3, 0.4) is 0 Å². The van der Waals surface area contributed by atoms with Gasteiger partial charge in [-0.1, -0.05) is 23.2 Å². The molecule has 0 unspecified atom stereocenters. The molecular formula is C19H16Cl2FNO5.